The number of aliphatic hydroxyl groups excluding tert-OH is 1. The van der Waals surface area contributed by atoms with Gasteiger partial charge >= 0.3 is 0 Å². The fraction of sp³-hybridized carbons (Fsp3) is 0.667. The maximum absolute atomic E-state index is 11.9. The van der Waals surface area contributed by atoms with E-state index in [0.717, 1.165) is 31.6 Å². The molecule has 0 aliphatic heterocycles. The summed E-state index contributed by atoms with van der Waals surface area (Å²) in [5.41, 5.74) is 0. The van der Waals surface area contributed by atoms with Crippen LogP contribution in [0.4, 0.5) is 0 Å². The molecule has 3 N–H and O–H groups in total. The molecule has 2 atom stereocenters. The van der Waals surface area contributed by atoms with E-state index < -0.39 is 0 Å². The van der Waals surface area contributed by atoms with E-state index in [1.54, 1.807) is 12.3 Å². The molecular formula is C15H26N2O3. The van der Waals surface area contributed by atoms with Gasteiger partial charge < -0.3 is 20.2 Å². The summed E-state index contributed by atoms with van der Waals surface area (Å²) >= 11 is 0. The van der Waals surface area contributed by atoms with Gasteiger partial charge in [0.1, 0.15) is 5.76 Å². The van der Waals surface area contributed by atoms with Crippen molar-refractivity contribution in [2.24, 2.45) is 5.92 Å². The molecule has 0 radical (unpaired) electrons. The summed E-state index contributed by atoms with van der Waals surface area (Å²) < 4.78 is 5.16. The van der Waals surface area contributed by atoms with E-state index in [2.05, 4.69) is 17.6 Å². The first-order valence-corrected chi connectivity index (χ1v) is 7.31. The van der Waals surface area contributed by atoms with Crippen LogP contribution in [0.3, 0.4) is 0 Å². The molecule has 0 aliphatic carbocycles. The van der Waals surface area contributed by atoms with Gasteiger partial charge in [0, 0.05) is 6.61 Å². The Hall–Kier alpha value is -1.33. The first-order chi connectivity index (χ1) is 9.67. The topological polar surface area (TPSA) is 74.5 Å². The third kappa shape index (κ3) is 6.21. The number of carbonyl (C=O) groups is 1. The first-order valence-electron chi connectivity index (χ1n) is 7.31. The molecule has 1 amide bonds. The van der Waals surface area contributed by atoms with Gasteiger partial charge in [-0.05, 0) is 44.4 Å². The Morgan fingerprint density at radius 3 is 2.85 bits per heavy atom. The normalized spacial score (nSPS) is 13.9. The zero-order valence-corrected chi connectivity index (χ0v) is 12.4. The molecule has 114 valence electrons. The van der Waals surface area contributed by atoms with E-state index in [1.165, 1.54) is 0 Å². The summed E-state index contributed by atoms with van der Waals surface area (Å²) in [6.45, 7) is 5.34. The summed E-state index contributed by atoms with van der Waals surface area (Å²) in [7, 11) is 0. The van der Waals surface area contributed by atoms with Crippen molar-refractivity contribution in [1.29, 1.82) is 0 Å². The van der Waals surface area contributed by atoms with Crippen molar-refractivity contribution in [2.45, 2.75) is 45.7 Å². The van der Waals surface area contributed by atoms with Crippen LogP contribution in [0.25, 0.3) is 0 Å². The standard InChI is InChI=1S/C15H26N2O3/c1-3-5-13(7-8-18)10-16-12(2)15(19)17-11-14-6-4-9-20-14/h4,6,9,12-13,16,18H,3,5,7-8,10-11H2,1-2H3,(H,17,19). The second kappa shape index (κ2) is 9.55. The quantitative estimate of drug-likeness (QED) is 0.610. The molecular weight excluding hydrogens is 256 g/mol. The Labute approximate surface area is 120 Å². The number of hydrogen-bond donors (Lipinski definition) is 3. The summed E-state index contributed by atoms with van der Waals surface area (Å²) in [5, 5.41) is 15.1. The molecule has 1 rings (SSSR count). The third-order valence-corrected chi connectivity index (χ3v) is 3.36. The minimum absolute atomic E-state index is 0.0411. The number of nitrogens with one attached hydrogen (secondary N) is 2. The lowest BCUT2D eigenvalue weighted by atomic mass is 10.00. The summed E-state index contributed by atoms with van der Waals surface area (Å²) in [6, 6.07) is 3.38. The predicted molar refractivity (Wildman–Crippen MR) is 78.1 cm³/mol. The fourth-order valence-corrected chi connectivity index (χ4v) is 2.12. The van der Waals surface area contributed by atoms with Crippen molar-refractivity contribution in [3.63, 3.8) is 0 Å². The molecule has 0 spiro atoms. The first kappa shape index (κ1) is 16.7. The Morgan fingerprint density at radius 1 is 1.45 bits per heavy atom. The van der Waals surface area contributed by atoms with Gasteiger partial charge in [-0.1, -0.05) is 13.3 Å². The molecule has 5 nitrogen and oxygen atoms in total. The average molecular weight is 282 g/mol. The van der Waals surface area contributed by atoms with Gasteiger partial charge in [-0.25, -0.2) is 0 Å². The predicted octanol–water partition coefficient (Wildman–Crippen LogP) is 1.67. The van der Waals surface area contributed by atoms with Crippen LogP contribution >= 0.6 is 0 Å². The van der Waals surface area contributed by atoms with E-state index >= 15 is 0 Å². The van der Waals surface area contributed by atoms with Gasteiger partial charge in [-0.15, -0.1) is 0 Å². The molecule has 1 heterocycles. The minimum atomic E-state index is -0.247. The fourth-order valence-electron chi connectivity index (χ4n) is 2.12. The molecule has 1 aromatic rings. The minimum Gasteiger partial charge on any atom is -0.467 e. The Balaban J connectivity index is 2.26. The lowest BCUT2D eigenvalue weighted by molar-refractivity contribution is -0.123. The van der Waals surface area contributed by atoms with Gasteiger partial charge in [0.05, 0.1) is 18.8 Å². The smallest absolute Gasteiger partial charge is 0.237 e. The Bertz CT molecular complexity index is 359. The number of aliphatic hydroxyl groups is 1. The monoisotopic (exact) mass is 282 g/mol. The number of furan rings is 1. The number of amides is 1. The Kier molecular flexibility index (Phi) is 7.99. The van der Waals surface area contributed by atoms with Gasteiger partial charge in [0.15, 0.2) is 0 Å². The van der Waals surface area contributed by atoms with Crippen molar-refractivity contribution in [1.82, 2.24) is 10.6 Å². The molecule has 2 unspecified atom stereocenters. The van der Waals surface area contributed by atoms with Gasteiger partial charge in [-0.3, -0.25) is 4.79 Å². The van der Waals surface area contributed by atoms with Crippen LogP contribution in [-0.2, 0) is 11.3 Å². The van der Waals surface area contributed by atoms with Crippen LogP contribution in [0.2, 0.25) is 0 Å². The summed E-state index contributed by atoms with van der Waals surface area (Å²) in [6.07, 6.45) is 4.52. The van der Waals surface area contributed by atoms with Crippen molar-refractivity contribution in [2.75, 3.05) is 13.2 Å². The van der Waals surface area contributed by atoms with Gasteiger partial charge in [0.25, 0.3) is 0 Å². The van der Waals surface area contributed by atoms with Crippen molar-refractivity contribution in [3.05, 3.63) is 24.2 Å². The maximum atomic E-state index is 11.9. The van der Waals surface area contributed by atoms with Gasteiger partial charge in [0.2, 0.25) is 5.91 Å². The third-order valence-electron chi connectivity index (χ3n) is 3.36. The number of hydrogen-bond acceptors (Lipinski definition) is 4. The highest BCUT2D eigenvalue weighted by molar-refractivity contribution is 5.81. The molecule has 0 aliphatic rings. The SMILES string of the molecule is CCCC(CCO)CNC(C)C(=O)NCc1ccco1. The van der Waals surface area contributed by atoms with E-state index in [1.807, 2.05) is 13.0 Å². The van der Waals surface area contributed by atoms with E-state index in [0.29, 0.717) is 12.5 Å². The van der Waals surface area contributed by atoms with E-state index in [-0.39, 0.29) is 18.6 Å². The summed E-state index contributed by atoms with van der Waals surface area (Å²) in [4.78, 5) is 11.9. The van der Waals surface area contributed by atoms with Crippen LogP contribution in [0.1, 0.15) is 38.9 Å². The van der Waals surface area contributed by atoms with Crippen LogP contribution in [-0.4, -0.2) is 30.2 Å². The van der Waals surface area contributed by atoms with Crippen LogP contribution in [0.5, 0.6) is 0 Å². The van der Waals surface area contributed by atoms with Crippen molar-refractivity contribution < 1.29 is 14.3 Å². The van der Waals surface area contributed by atoms with Crippen LogP contribution in [0, 0.1) is 5.92 Å². The zero-order valence-electron chi connectivity index (χ0n) is 12.4. The van der Waals surface area contributed by atoms with Crippen molar-refractivity contribution in [3.8, 4) is 0 Å². The molecule has 20 heavy (non-hydrogen) atoms. The van der Waals surface area contributed by atoms with Crippen LogP contribution in [0.15, 0.2) is 22.8 Å². The van der Waals surface area contributed by atoms with E-state index in [4.69, 9.17) is 9.52 Å². The second-order valence-electron chi connectivity index (χ2n) is 5.09. The lowest BCUT2D eigenvalue weighted by Crippen LogP contribution is -2.43. The van der Waals surface area contributed by atoms with Gasteiger partial charge in [-0.2, -0.15) is 0 Å². The summed E-state index contributed by atoms with van der Waals surface area (Å²) in [5.74, 6) is 1.13. The highest BCUT2D eigenvalue weighted by Crippen LogP contribution is 2.09. The molecule has 1 aromatic heterocycles. The molecule has 5 heteroatoms. The second-order valence-corrected chi connectivity index (χ2v) is 5.09. The molecule has 0 saturated heterocycles. The highest BCUT2D eigenvalue weighted by Gasteiger charge is 2.14. The molecule has 0 aromatic carbocycles. The molecule has 0 fully saturated rings. The van der Waals surface area contributed by atoms with Crippen molar-refractivity contribution >= 4 is 5.91 Å². The van der Waals surface area contributed by atoms with E-state index in [9.17, 15) is 4.79 Å². The Morgan fingerprint density at radius 2 is 2.25 bits per heavy atom. The largest absolute Gasteiger partial charge is 0.467 e. The number of carbonyl (C=O) groups excluding carboxylic acids is 1. The highest BCUT2D eigenvalue weighted by atomic mass is 16.3. The molecule has 0 bridgehead atoms. The average Bonchev–Trinajstić information content (AvgIpc) is 2.95. The number of rotatable bonds is 10. The lowest BCUT2D eigenvalue weighted by Gasteiger charge is -2.19. The molecule has 0 saturated carbocycles. The maximum Gasteiger partial charge on any atom is 0.237 e. The zero-order chi connectivity index (χ0) is 14.8. The van der Waals surface area contributed by atoms with Crippen LogP contribution < -0.4 is 10.6 Å².